The van der Waals surface area contributed by atoms with Crippen LogP contribution in [0.2, 0.25) is 0 Å². The average Bonchev–Trinajstić information content (AvgIpc) is 2.70. The molecule has 2 rings (SSSR count). The molecule has 0 saturated heterocycles. The molecule has 96 valence electrons. The molecule has 0 amide bonds. The molecule has 18 heavy (non-hydrogen) atoms. The van der Waals surface area contributed by atoms with Gasteiger partial charge in [-0.1, -0.05) is 20.8 Å². The van der Waals surface area contributed by atoms with Crippen LogP contribution in [0.1, 0.15) is 36.9 Å². The fourth-order valence-corrected chi connectivity index (χ4v) is 1.81. The zero-order chi connectivity index (χ0) is 13.5. The van der Waals surface area contributed by atoms with Gasteiger partial charge in [-0.25, -0.2) is 4.79 Å². The lowest BCUT2D eigenvalue weighted by Gasteiger charge is -2.19. The van der Waals surface area contributed by atoms with E-state index in [4.69, 9.17) is 14.3 Å². The fraction of sp³-hybridized carbons (Fsp3) is 0.357. The minimum Gasteiger partial charge on any atom is -0.493 e. The molecule has 0 aliphatic rings. The molecule has 0 spiro atoms. The standard InChI is InChI=1S/C14H16O4/c1-14(2,3)9-5-8-6-11(13(15)16)18-12(8)10(7-9)17-4/h5-7H,1-4H3,(H,15,16). The minimum atomic E-state index is -1.08. The first-order chi connectivity index (χ1) is 8.32. The van der Waals surface area contributed by atoms with Gasteiger partial charge in [0.05, 0.1) is 7.11 Å². The maximum absolute atomic E-state index is 10.9. The summed E-state index contributed by atoms with van der Waals surface area (Å²) in [6.07, 6.45) is 0. The van der Waals surface area contributed by atoms with Gasteiger partial charge >= 0.3 is 5.97 Å². The Balaban J connectivity index is 2.72. The molecule has 0 bridgehead atoms. The third-order valence-electron chi connectivity index (χ3n) is 2.88. The van der Waals surface area contributed by atoms with E-state index in [-0.39, 0.29) is 11.2 Å². The second-order valence-corrected chi connectivity index (χ2v) is 5.26. The van der Waals surface area contributed by atoms with E-state index in [9.17, 15) is 4.79 Å². The topological polar surface area (TPSA) is 59.7 Å². The van der Waals surface area contributed by atoms with Gasteiger partial charge in [0.1, 0.15) is 0 Å². The van der Waals surface area contributed by atoms with E-state index in [2.05, 4.69) is 20.8 Å². The van der Waals surface area contributed by atoms with Crippen molar-refractivity contribution in [2.24, 2.45) is 0 Å². The zero-order valence-electron chi connectivity index (χ0n) is 10.9. The Morgan fingerprint density at radius 3 is 2.44 bits per heavy atom. The third-order valence-corrected chi connectivity index (χ3v) is 2.88. The van der Waals surface area contributed by atoms with Crippen molar-refractivity contribution >= 4 is 16.9 Å². The van der Waals surface area contributed by atoms with Crippen LogP contribution in [0.4, 0.5) is 0 Å². The van der Waals surface area contributed by atoms with Gasteiger partial charge in [0.2, 0.25) is 5.76 Å². The Morgan fingerprint density at radius 1 is 1.28 bits per heavy atom. The van der Waals surface area contributed by atoms with Crippen molar-refractivity contribution in [3.05, 3.63) is 29.5 Å². The first-order valence-electron chi connectivity index (χ1n) is 5.68. The van der Waals surface area contributed by atoms with E-state index in [0.717, 1.165) is 10.9 Å². The summed E-state index contributed by atoms with van der Waals surface area (Å²) < 4.78 is 10.6. The predicted molar refractivity (Wildman–Crippen MR) is 68.4 cm³/mol. The molecule has 0 atom stereocenters. The molecule has 2 aromatic rings. The van der Waals surface area contributed by atoms with E-state index in [1.807, 2.05) is 12.1 Å². The highest BCUT2D eigenvalue weighted by atomic mass is 16.5. The van der Waals surface area contributed by atoms with Gasteiger partial charge in [0, 0.05) is 5.39 Å². The second kappa shape index (κ2) is 4.05. The molecule has 0 radical (unpaired) electrons. The summed E-state index contributed by atoms with van der Waals surface area (Å²) in [5.74, 6) is -0.593. The summed E-state index contributed by atoms with van der Waals surface area (Å²) in [6.45, 7) is 6.27. The van der Waals surface area contributed by atoms with E-state index < -0.39 is 5.97 Å². The Morgan fingerprint density at radius 2 is 1.94 bits per heavy atom. The van der Waals surface area contributed by atoms with Crippen molar-refractivity contribution in [1.29, 1.82) is 0 Å². The molecule has 4 nitrogen and oxygen atoms in total. The second-order valence-electron chi connectivity index (χ2n) is 5.26. The first-order valence-corrected chi connectivity index (χ1v) is 5.68. The minimum absolute atomic E-state index is 0.0396. The number of fused-ring (bicyclic) bond motifs is 1. The van der Waals surface area contributed by atoms with Gasteiger partial charge in [-0.05, 0) is 29.2 Å². The normalized spacial score (nSPS) is 11.8. The van der Waals surface area contributed by atoms with Crippen LogP contribution in [-0.2, 0) is 5.41 Å². The number of hydrogen-bond donors (Lipinski definition) is 1. The van der Waals surface area contributed by atoms with E-state index >= 15 is 0 Å². The maximum Gasteiger partial charge on any atom is 0.371 e. The van der Waals surface area contributed by atoms with Crippen LogP contribution >= 0.6 is 0 Å². The number of hydrogen-bond acceptors (Lipinski definition) is 3. The van der Waals surface area contributed by atoms with Gasteiger partial charge < -0.3 is 14.3 Å². The zero-order valence-corrected chi connectivity index (χ0v) is 10.9. The number of carboxylic acid groups (broad SMARTS) is 1. The van der Waals surface area contributed by atoms with Crippen LogP contribution in [0.15, 0.2) is 22.6 Å². The van der Waals surface area contributed by atoms with Gasteiger partial charge in [-0.15, -0.1) is 0 Å². The van der Waals surface area contributed by atoms with Crippen LogP contribution in [0.25, 0.3) is 11.0 Å². The highest BCUT2D eigenvalue weighted by Crippen LogP contribution is 2.34. The van der Waals surface area contributed by atoms with Gasteiger partial charge in [0.25, 0.3) is 0 Å². The smallest absolute Gasteiger partial charge is 0.371 e. The van der Waals surface area contributed by atoms with Crippen molar-refractivity contribution in [1.82, 2.24) is 0 Å². The molecular formula is C14H16O4. The van der Waals surface area contributed by atoms with Crippen LogP contribution in [0.3, 0.4) is 0 Å². The fourth-order valence-electron chi connectivity index (χ4n) is 1.81. The first kappa shape index (κ1) is 12.5. The quantitative estimate of drug-likeness (QED) is 0.884. The van der Waals surface area contributed by atoms with Crippen molar-refractivity contribution in [2.45, 2.75) is 26.2 Å². The lowest BCUT2D eigenvalue weighted by molar-refractivity contribution is 0.0665. The Kier molecular flexibility index (Phi) is 2.81. The number of carboxylic acids is 1. The molecule has 1 heterocycles. The van der Waals surface area contributed by atoms with Gasteiger partial charge in [-0.2, -0.15) is 0 Å². The van der Waals surface area contributed by atoms with Crippen LogP contribution in [-0.4, -0.2) is 18.2 Å². The van der Waals surface area contributed by atoms with Crippen LogP contribution in [0.5, 0.6) is 5.75 Å². The van der Waals surface area contributed by atoms with Crippen LogP contribution < -0.4 is 4.74 Å². The van der Waals surface area contributed by atoms with Crippen molar-refractivity contribution in [3.63, 3.8) is 0 Å². The molecule has 1 aromatic heterocycles. The molecule has 0 fully saturated rings. The van der Waals surface area contributed by atoms with Crippen molar-refractivity contribution in [3.8, 4) is 5.75 Å². The van der Waals surface area contributed by atoms with E-state index in [1.165, 1.54) is 6.07 Å². The van der Waals surface area contributed by atoms with Gasteiger partial charge in [0.15, 0.2) is 11.3 Å². The molecular weight excluding hydrogens is 232 g/mol. The number of ether oxygens (including phenoxy) is 1. The summed E-state index contributed by atoms with van der Waals surface area (Å²) >= 11 is 0. The monoisotopic (exact) mass is 248 g/mol. The van der Waals surface area contributed by atoms with Crippen LogP contribution in [0, 0.1) is 0 Å². The number of rotatable bonds is 2. The predicted octanol–water partition coefficient (Wildman–Crippen LogP) is 3.44. The van der Waals surface area contributed by atoms with Gasteiger partial charge in [-0.3, -0.25) is 0 Å². The Labute approximate surface area is 105 Å². The van der Waals surface area contributed by atoms with Crippen molar-refractivity contribution in [2.75, 3.05) is 7.11 Å². The van der Waals surface area contributed by atoms with Crippen molar-refractivity contribution < 1.29 is 19.1 Å². The van der Waals surface area contributed by atoms with E-state index in [0.29, 0.717) is 11.3 Å². The lowest BCUT2D eigenvalue weighted by Crippen LogP contribution is -2.10. The highest BCUT2D eigenvalue weighted by Gasteiger charge is 2.20. The summed E-state index contributed by atoms with van der Waals surface area (Å²) in [4.78, 5) is 10.9. The molecule has 0 unspecified atom stereocenters. The highest BCUT2D eigenvalue weighted by molar-refractivity contribution is 5.93. The SMILES string of the molecule is COc1cc(C(C)(C)C)cc2cc(C(=O)O)oc12. The number of benzene rings is 1. The molecule has 0 aliphatic heterocycles. The number of carbonyl (C=O) groups is 1. The average molecular weight is 248 g/mol. The number of aromatic carboxylic acids is 1. The van der Waals surface area contributed by atoms with E-state index in [1.54, 1.807) is 7.11 Å². The molecule has 0 aliphatic carbocycles. The largest absolute Gasteiger partial charge is 0.493 e. The summed E-state index contributed by atoms with van der Waals surface area (Å²) in [5.41, 5.74) is 1.51. The lowest BCUT2D eigenvalue weighted by atomic mass is 9.86. The summed E-state index contributed by atoms with van der Waals surface area (Å²) in [6, 6.07) is 5.35. The number of methoxy groups -OCH3 is 1. The molecule has 0 saturated carbocycles. The third kappa shape index (κ3) is 2.06. The molecule has 1 aromatic carbocycles. The summed E-state index contributed by atoms with van der Waals surface area (Å²) in [7, 11) is 1.55. The Hall–Kier alpha value is -1.97. The summed E-state index contributed by atoms with van der Waals surface area (Å²) in [5, 5.41) is 9.69. The molecule has 1 N–H and O–H groups in total. The maximum atomic E-state index is 10.9. The molecule has 4 heteroatoms. The number of furan rings is 1. The Bertz CT molecular complexity index is 602.